The molecular weight excluding hydrogens is 259 g/mol. The van der Waals surface area contributed by atoms with Gasteiger partial charge in [-0.3, -0.25) is 4.79 Å². The molecule has 2 N–H and O–H groups in total. The standard InChI is InChI=1S/C13H12F3NO2/c1-12(6-11(18)19,13(14,15)16)9-7-17-10-5-3-2-4-8(9)10/h2-5,7,17H,6H2,1H3,(H,18,19). The smallest absolute Gasteiger partial charge is 0.398 e. The van der Waals surface area contributed by atoms with Crippen molar-refractivity contribution in [1.82, 2.24) is 4.98 Å². The minimum atomic E-state index is -4.64. The van der Waals surface area contributed by atoms with Crippen LogP contribution in [0.5, 0.6) is 0 Å². The first-order valence-corrected chi connectivity index (χ1v) is 5.61. The van der Waals surface area contributed by atoms with E-state index in [0.717, 1.165) is 6.92 Å². The molecule has 0 aliphatic carbocycles. The summed E-state index contributed by atoms with van der Waals surface area (Å²) in [7, 11) is 0. The van der Waals surface area contributed by atoms with Gasteiger partial charge in [0.15, 0.2) is 0 Å². The summed E-state index contributed by atoms with van der Waals surface area (Å²) in [6.45, 7) is 0.913. The Kier molecular flexibility index (Phi) is 3.04. The highest BCUT2D eigenvalue weighted by Crippen LogP contribution is 2.45. The number of H-pyrrole nitrogens is 1. The van der Waals surface area contributed by atoms with E-state index in [2.05, 4.69) is 4.98 Å². The molecule has 6 heteroatoms. The number of fused-ring (bicyclic) bond motifs is 1. The summed E-state index contributed by atoms with van der Waals surface area (Å²) in [6, 6.07) is 6.52. The lowest BCUT2D eigenvalue weighted by Gasteiger charge is -2.30. The molecule has 2 rings (SSSR count). The molecule has 0 saturated heterocycles. The van der Waals surface area contributed by atoms with Gasteiger partial charge >= 0.3 is 12.1 Å². The number of aromatic amines is 1. The van der Waals surface area contributed by atoms with E-state index in [-0.39, 0.29) is 5.56 Å². The number of aromatic nitrogens is 1. The third-order valence-electron chi connectivity index (χ3n) is 3.31. The molecule has 1 aromatic heterocycles. The largest absolute Gasteiger partial charge is 0.481 e. The lowest BCUT2D eigenvalue weighted by Crippen LogP contribution is -2.41. The highest BCUT2D eigenvalue weighted by atomic mass is 19.4. The van der Waals surface area contributed by atoms with Crippen molar-refractivity contribution in [2.24, 2.45) is 0 Å². The van der Waals surface area contributed by atoms with Crippen LogP contribution in [0.4, 0.5) is 13.2 Å². The molecule has 1 heterocycles. The van der Waals surface area contributed by atoms with Gasteiger partial charge in [-0.2, -0.15) is 13.2 Å². The van der Waals surface area contributed by atoms with E-state index in [1.54, 1.807) is 24.3 Å². The predicted octanol–water partition coefficient (Wildman–Crippen LogP) is 3.46. The van der Waals surface area contributed by atoms with Crippen LogP contribution >= 0.6 is 0 Å². The summed E-state index contributed by atoms with van der Waals surface area (Å²) in [5, 5.41) is 9.17. The number of rotatable bonds is 3. The second-order valence-corrected chi connectivity index (χ2v) is 4.65. The Morgan fingerprint density at radius 2 is 1.95 bits per heavy atom. The summed E-state index contributed by atoms with van der Waals surface area (Å²) in [5.41, 5.74) is -1.91. The summed E-state index contributed by atoms with van der Waals surface area (Å²) < 4.78 is 39.8. The normalized spacial score (nSPS) is 15.4. The van der Waals surface area contributed by atoms with Crippen LogP contribution in [0.2, 0.25) is 0 Å². The third-order valence-corrected chi connectivity index (χ3v) is 3.31. The molecule has 0 spiro atoms. The molecule has 2 aromatic rings. The zero-order chi connectivity index (χ0) is 14.3. The van der Waals surface area contributed by atoms with Gasteiger partial charge in [-0.15, -0.1) is 0 Å². The molecule has 1 atom stereocenters. The maximum atomic E-state index is 13.3. The summed E-state index contributed by atoms with van der Waals surface area (Å²) in [5.74, 6) is -1.48. The minimum Gasteiger partial charge on any atom is -0.481 e. The number of hydrogen-bond donors (Lipinski definition) is 2. The number of carbonyl (C=O) groups is 1. The third kappa shape index (κ3) is 2.18. The zero-order valence-electron chi connectivity index (χ0n) is 10.1. The van der Waals surface area contributed by atoms with Crippen LogP contribution in [0.3, 0.4) is 0 Å². The van der Waals surface area contributed by atoms with Crippen molar-refractivity contribution >= 4 is 16.9 Å². The minimum absolute atomic E-state index is 0.0435. The summed E-state index contributed by atoms with van der Waals surface area (Å²) >= 11 is 0. The lowest BCUT2D eigenvalue weighted by molar-refractivity contribution is -0.192. The van der Waals surface area contributed by atoms with Crippen LogP contribution in [0.1, 0.15) is 18.9 Å². The maximum absolute atomic E-state index is 13.3. The average Bonchev–Trinajstić information content (AvgIpc) is 2.70. The van der Waals surface area contributed by atoms with E-state index in [4.69, 9.17) is 5.11 Å². The van der Waals surface area contributed by atoms with Gasteiger partial charge in [0.2, 0.25) is 0 Å². The number of aliphatic carboxylic acids is 1. The van der Waals surface area contributed by atoms with Crippen molar-refractivity contribution < 1.29 is 23.1 Å². The lowest BCUT2D eigenvalue weighted by atomic mass is 9.78. The Bertz CT molecular complexity index is 618. The van der Waals surface area contributed by atoms with Crippen molar-refractivity contribution in [3.8, 4) is 0 Å². The molecule has 0 aliphatic heterocycles. The Morgan fingerprint density at radius 1 is 1.32 bits per heavy atom. The van der Waals surface area contributed by atoms with Crippen LogP contribution < -0.4 is 0 Å². The number of alkyl halides is 3. The van der Waals surface area contributed by atoms with Gasteiger partial charge in [-0.1, -0.05) is 18.2 Å². The summed E-state index contributed by atoms with van der Waals surface area (Å²) in [6.07, 6.45) is -4.41. The average molecular weight is 271 g/mol. The fourth-order valence-electron chi connectivity index (χ4n) is 2.18. The molecular formula is C13H12F3NO2. The van der Waals surface area contributed by atoms with Gasteiger partial charge in [-0.05, 0) is 18.6 Å². The molecule has 3 nitrogen and oxygen atoms in total. The second kappa shape index (κ2) is 4.29. The number of hydrogen-bond acceptors (Lipinski definition) is 1. The summed E-state index contributed by atoms with van der Waals surface area (Å²) in [4.78, 5) is 13.5. The van der Waals surface area contributed by atoms with Crippen molar-refractivity contribution in [3.05, 3.63) is 36.0 Å². The van der Waals surface area contributed by atoms with Gasteiger partial charge in [-0.25, -0.2) is 0 Å². The van der Waals surface area contributed by atoms with Crippen LogP contribution in [-0.4, -0.2) is 22.2 Å². The van der Waals surface area contributed by atoms with Crippen molar-refractivity contribution in [2.75, 3.05) is 0 Å². The molecule has 1 unspecified atom stereocenters. The van der Waals surface area contributed by atoms with Gasteiger partial charge in [0.05, 0.1) is 6.42 Å². The van der Waals surface area contributed by atoms with Crippen molar-refractivity contribution in [3.63, 3.8) is 0 Å². The number of nitrogens with one attached hydrogen (secondary N) is 1. The fraction of sp³-hybridized carbons (Fsp3) is 0.308. The SMILES string of the molecule is CC(CC(=O)O)(c1c[nH]c2ccccc12)C(F)(F)F. The van der Waals surface area contributed by atoms with E-state index < -0.39 is 24.0 Å². The fourth-order valence-corrected chi connectivity index (χ4v) is 2.18. The highest BCUT2D eigenvalue weighted by Gasteiger charge is 2.54. The van der Waals surface area contributed by atoms with E-state index in [9.17, 15) is 18.0 Å². The van der Waals surface area contributed by atoms with Crippen molar-refractivity contribution in [2.45, 2.75) is 24.9 Å². The first kappa shape index (κ1) is 13.5. The maximum Gasteiger partial charge on any atom is 0.398 e. The van der Waals surface area contributed by atoms with Crippen LogP contribution in [0, 0.1) is 0 Å². The second-order valence-electron chi connectivity index (χ2n) is 4.65. The Morgan fingerprint density at radius 3 is 2.53 bits per heavy atom. The molecule has 0 fully saturated rings. The predicted molar refractivity (Wildman–Crippen MR) is 64.0 cm³/mol. The number of halogens is 3. The Labute approximate surface area is 107 Å². The first-order chi connectivity index (χ1) is 8.75. The van der Waals surface area contributed by atoms with E-state index >= 15 is 0 Å². The van der Waals surface area contributed by atoms with Crippen LogP contribution in [-0.2, 0) is 10.2 Å². The monoisotopic (exact) mass is 271 g/mol. The zero-order valence-corrected chi connectivity index (χ0v) is 10.1. The number of carboxylic acids is 1. The number of para-hydroxylation sites is 1. The Hall–Kier alpha value is -1.98. The van der Waals surface area contributed by atoms with Gasteiger partial charge in [0, 0.05) is 17.1 Å². The number of carboxylic acid groups (broad SMARTS) is 1. The van der Waals surface area contributed by atoms with Gasteiger partial charge in [0.1, 0.15) is 5.41 Å². The van der Waals surface area contributed by atoms with E-state index in [1.165, 1.54) is 6.20 Å². The highest BCUT2D eigenvalue weighted by molar-refractivity contribution is 5.85. The van der Waals surface area contributed by atoms with E-state index in [0.29, 0.717) is 10.9 Å². The first-order valence-electron chi connectivity index (χ1n) is 5.61. The Balaban J connectivity index is 2.65. The van der Waals surface area contributed by atoms with Gasteiger partial charge in [0.25, 0.3) is 0 Å². The molecule has 19 heavy (non-hydrogen) atoms. The molecule has 0 aliphatic rings. The van der Waals surface area contributed by atoms with Gasteiger partial charge < -0.3 is 10.1 Å². The molecule has 0 saturated carbocycles. The van der Waals surface area contributed by atoms with E-state index in [1.807, 2.05) is 0 Å². The molecule has 0 amide bonds. The molecule has 0 bridgehead atoms. The molecule has 1 aromatic carbocycles. The van der Waals surface area contributed by atoms with Crippen molar-refractivity contribution in [1.29, 1.82) is 0 Å². The van der Waals surface area contributed by atoms with Crippen LogP contribution in [0.15, 0.2) is 30.5 Å². The molecule has 0 radical (unpaired) electrons. The molecule has 102 valence electrons. The quantitative estimate of drug-likeness (QED) is 0.898. The topological polar surface area (TPSA) is 53.1 Å². The van der Waals surface area contributed by atoms with Crippen LogP contribution in [0.25, 0.3) is 10.9 Å². The number of benzene rings is 1.